The molecule has 0 saturated carbocycles. The highest BCUT2D eigenvalue weighted by molar-refractivity contribution is 7.09. The molecule has 0 aromatic carbocycles. The highest BCUT2D eigenvalue weighted by Gasteiger charge is 2.23. The molecule has 0 spiro atoms. The predicted octanol–water partition coefficient (Wildman–Crippen LogP) is 4.01. The lowest BCUT2D eigenvalue weighted by molar-refractivity contribution is 0.200. The van der Waals surface area contributed by atoms with Gasteiger partial charge in [0.05, 0.1) is 0 Å². The fraction of sp³-hybridized carbons (Fsp3) is 0.765. The van der Waals surface area contributed by atoms with Crippen LogP contribution in [0, 0.1) is 11.3 Å². The van der Waals surface area contributed by atoms with Crippen molar-refractivity contribution in [3.63, 3.8) is 0 Å². The summed E-state index contributed by atoms with van der Waals surface area (Å²) < 4.78 is 0. The Labute approximate surface area is 129 Å². The van der Waals surface area contributed by atoms with E-state index in [2.05, 4.69) is 50.2 Å². The van der Waals surface area contributed by atoms with Crippen LogP contribution < -0.4 is 5.73 Å². The summed E-state index contributed by atoms with van der Waals surface area (Å²) in [5.41, 5.74) is 6.13. The Kier molecular flexibility index (Phi) is 7.78. The molecular formula is C17H32N2S. The van der Waals surface area contributed by atoms with Crippen molar-refractivity contribution in [3.05, 3.63) is 22.4 Å². The molecule has 1 aromatic heterocycles. The van der Waals surface area contributed by atoms with Gasteiger partial charge in [-0.1, -0.05) is 26.8 Å². The molecule has 20 heavy (non-hydrogen) atoms. The van der Waals surface area contributed by atoms with Crippen LogP contribution in [-0.4, -0.2) is 31.6 Å². The third-order valence-electron chi connectivity index (χ3n) is 4.15. The van der Waals surface area contributed by atoms with Crippen molar-refractivity contribution in [3.8, 4) is 0 Å². The number of rotatable bonds is 9. The van der Waals surface area contributed by atoms with Gasteiger partial charge in [0.15, 0.2) is 0 Å². The van der Waals surface area contributed by atoms with Crippen LogP contribution in [0.15, 0.2) is 17.5 Å². The number of thiophene rings is 1. The van der Waals surface area contributed by atoms with E-state index in [4.69, 9.17) is 5.73 Å². The van der Waals surface area contributed by atoms with E-state index in [0.717, 1.165) is 25.4 Å². The highest BCUT2D eigenvalue weighted by Crippen LogP contribution is 2.32. The first-order valence-electron chi connectivity index (χ1n) is 7.84. The summed E-state index contributed by atoms with van der Waals surface area (Å²) in [6.07, 6.45) is 4.91. The lowest BCUT2D eigenvalue weighted by atomic mass is 9.76. The smallest absolute Gasteiger partial charge is 0.00579 e. The van der Waals surface area contributed by atoms with Gasteiger partial charge in [0.1, 0.15) is 0 Å². The largest absolute Gasteiger partial charge is 0.330 e. The van der Waals surface area contributed by atoms with Gasteiger partial charge in [0.2, 0.25) is 0 Å². The minimum Gasteiger partial charge on any atom is -0.330 e. The van der Waals surface area contributed by atoms with E-state index in [1.165, 1.54) is 30.7 Å². The van der Waals surface area contributed by atoms with Gasteiger partial charge in [-0.25, -0.2) is 0 Å². The Hall–Kier alpha value is -0.380. The second kappa shape index (κ2) is 8.81. The van der Waals surface area contributed by atoms with Gasteiger partial charge in [-0.15, -0.1) is 11.3 Å². The molecule has 0 amide bonds. The summed E-state index contributed by atoms with van der Waals surface area (Å²) in [5, 5.41) is 2.16. The average Bonchev–Trinajstić information content (AvgIpc) is 2.87. The summed E-state index contributed by atoms with van der Waals surface area (Å²) in [6.45, 7) is 10.2. The van der Waals surface area contributed by atoms with Crippen LogP contribution in [0.4, 0.5) is 0 Å². The Bertz CT molecular complexity index is 340. The molecule has 3 heteroatoms. The summed E-state index contributed by atoms with van der Waals surface area (Å²) in [7, 11) is 2.24. The summed E-state index contributed by atoms with van der Waals surface area (Å²) in [6, 6.07) is 4.37. The topological polar surface area (TPSA) is 29.3 Å². The van der Waals surface area contributed by atoms with E-state index in [9.17, 15) is 0 Å². The number of hydrogen-bond donors (Lipinski definition) is 1. The predicted molar refractivity (Wildman–Crippen MR) is 91.4 cm³/mol. The highest BCUT2D eigenvalue weighted by atomic mass is 32.1. The first kappa shape index (κ1) is 17.7. The second-order valence-corrected chi connectivity index (χ2v) is 7.95. The van der Waals surface area contributed by atoms with E-state index in [-0.39, 0.29) is 0 Å². The first-order chi connectivity index (χ1) is 9.43. The van der Waals surface area contributed by atoms with Crippen LogP contribution in [0.3, 0.4) is 0 Å². The molecule has 116 valence electrons. The molecule has 0 aliphatic carbocycles. The van der Waals surface area contributed by atoms with Crippen molar-refractivity contribution in [2.75, 3.05) is 26.7 Å². The van der Waals surface area contributed by atoms with Gasteiger partial charge < -0.3 is 10.6 Å². The molecule has 0 aliphatic heterocycles. The summed E-state index contributed by atoms with van der Waals surface area (Å²) >= 11 is 1.86. The van der Waals surface area contributed by atoms with E-state index >= 15 is 0 Å². The minimum absolute atomic E-state index is 0.384. The molecular weight excluding hydrogens is 264 g/mol. The van der Waals surface area contributed by atoms with Crippen LogP contribution in [0.1, 0.15) is 44.9 Å². The first-order valence-corrected chi connectivity index (χ1v) is 8.72. The molecule has 1 unspecified atom stereocenters. The minimum atomic E-state index is 0.384. The number of nitrogens with two attached hydrogens (primary N) is 1. The molecule has 0 radical (unpaired) electrons. The van der Waals surface area contributed by atoms with E-state index in [0.29, 0.717) is 5.41 Å². The fourth-order valence-corrected chi connectivity index (χ4v) is 3.39. The molecule has 1 atom stereocenters. The molecule has 1 aromatic rings. The number of likely N-dealkylation sites (N-methyl/N-ethyl adjacent to an activating group) is 1. The molecule has 0 aliphatic rings. The van der Waals surface area contributed by atoms with Gasteiger partial charge in [0, 0.05) is 11.4 Å². The lowest BCUT2D eigenvalue weighted by Crippen LogP contribution is -2.26. The van der Waals surface area contributed by atoms with Crippen molar-refractivity contribution in [2.45, 2.75) is 46.5 Å². The molecule has 1 heterocycles. The van der Waals surface area contributed by atoms with Crippen molar-refractivity contribution < 1.29 is 0 Å². The van der Waals surface area contributed by atoms with Crippen LogP contribution in [0.5, 0.6) is 0 Å². The summed E-state index contributed by atoms with van der Waals surface area (Å²) in [4.78, 5) is 3.95. The maximum absolute atomic E-state index is 5.75. The lowest BCUT2D eigenvalue weighted by Gasteiger charge is -2.31. The fourth-order valence-electron chi connectivity index (χ4n) is 2.69. The SMILES string of the molecule is CN(CCCC(CCN)C(C)(C)C)CCc1cccs1. The maximum atomic E-state index is 5.75. The van der Waals surface area contributed by atoms with Crippen molar-refractivity contribution in [1.82, 2.24) is 4.90 Å². The zero-order valence-electron chi connectivity index (χ0n) is 13.7. The van der Waals surface area contributed by atoms with Crippen molar-refractivity contribution >= 4 is 11.3 Å². The molecule has 0 bridgehead atoms. The molecule has 2 N–H and O–H groups in total. The molecule has 1 rings (SSSR count). The quantitative estimate of drug-likeness (QED) is 0.746. The molecule has 0 fully saturated rings. The van der Waals surface area contributed by atoms with Gasteiger partial charge in [0.25, 0.3) is 0 Å². The molecule has 2 nitrogen and oxygen atoms in total. The summed E-state index contributed by atoms with van der Waals surface area (Å²) in [5.74, 6) is 0.748. The third kappa shape index (κ3) is 6.87. The normalized spacial score (nSPS) is 13.9. The Balaban J connectivity index is 2.21. The Morgan fingerprint density at radius 3 is 2.55 bits per heavy atom. The van der Waals surface area contributed by atoms with E-state index in [1.54, 1.807) is 0 Å². The Morgan fingerprint density at radius 1 is 1.25 bits per heavy atom. The number of nitrogens with zero attached hydrogens (tertiary/aromatic N) is 1. The number of hydrogen-bond acceptors (Lipinski definition) is 3. The maximum Gasteiger partial charge on any atom is 0.00579 e. The Morgan fingerprint density at radius 2 is 2.00 bits per heavy atom. The zero-order valence-corrected chi connectivity index (χ0v) is 14.5. The van der Waals surface area contributed by atoms with E-state index in [1.807, 2.05) is 11.3 Å². The molecule has 0 saturated heterocycles. The third-order valence-corrected chi connectivity index (χ3v) is 5.09. The van der Waals surface area contributed by atoms with Crippen molar-refractivity contribution in [1.29, 1.82) is 0 Å². The van der Waals surface area contributed by atoms with Crippen LogP contribution >= 0.6 is 11.3 Å². The van der Waals surface area contributed by atoms with Gasteiger partial charge in [-0.3, -0.25) is 0 Å². The average molecular weight is 297 g/mol. The van der Waals surface area contributed by atoms with Crippen LogP contribution in [0.25, 0.3) is 0 Å². The zero-order chi connectivity index (χ0) is 15.0. The standard InChI is InChI=1S/C17H32N2S/c1-17(2,3)15(9-11-18)7-5-12-19(4)13-10-16-8-6-14-20-16/h6,8,14-15H,5,7,9-13,18H2,1-4H3. The van der Waals surface area contributed by atoms with Crippen molar-refractivity contribution in [2.24, 2.45) is 17.1 Å². The van der Waals surface area contributed by atoms with E-state index < -0.39 is 0 Å². The van der Waals surface area contributed by atoms with Gasteiger partial charge in [-0.05, 0) is 68.6 Å². The van der Waals surface area contributed by atoms with Gasteiger partial charge >= 0.3 is 0 Å². The van der Waals surface area contributed by atoms with Crippen LogP contribution in [-0.2, 0) is 6.42 Å². The van der Waals surface area contributed by atoms with Gasteiger partial charge in [-0.2, -0.15) is 0 Å². The monoisotopic (exact) mass is 296 g/mol. The second-order valence-electron chi connectivity index (χ2n) is 6.92. The van der Waals surface area contributed by atoms with Crippen LogP contribution in [0.2, 0.25) is 0 Å².